The molecule has 0 amide bonds. The number of hydrogen-bond acceptors (Lipinski definition) is 5. The van der Waals surface area contributed by atoms with Crippen molar-refractivity contribution in [3.05, 3.63) is 65.2 Å². The van der Waals surface area contributed by atoms with Crippen molar-refractivity contribution in [3.8, 4) is 11.4 Å². The Morgan fingerprint density at radius 1 is 1.08 bits per heavy atom. The monoisotopic (exact) mass is 350 g/mol. The number of hydrazine groups is 1. The fraction of sp³-hybridized carbons (Fsp3) is 0.263. The quantitative estimate of drug-likeness (QED) is 0.584. The molecule has 0 aliphatic carbocycles. The predicted octanol–water partition coefficient (Wildman–Crippen LogP) is 3.05. The average molecular weight is 350 g/mol. The molecule has 7 heteroatoms. The van der Waals surface area contributed by atoms with E-state index < -0.39 is 0 Å². The van der Waals surface area contributed by atoms with Gasteiger partial charge in [-0.1, -0.05) is 12.1 Å². The Hall–Kier alpha value is -2.77. The zero-order chi connectivity index (χ0) is 17.5. The van der Waals surface area contributed by atoms with Gasteiger partial charge in [-0.15, -0.1) is 0 Å². The van der Waals surface area contributed by atoms with Crippen LogP contribution in [-0.2, 0) is 0 Å². The molecular weight excluding hydrogens is 331 g/mol. The van der Waals surface area contributed by atoms with Crippen LogP contribution in [0.15, 0.2) is 42.5 Å². The highest BCUT2D eigenvalue weighted by molar-refractivity contribution is 5.67. The van der Waals surface area contributed by atoms with Gasteiger partial charge in [0.1, 0.15) is 11.6 Å². The van der Waals surface area contributed by atoms with Crippen LogP contribution in [0, 0.1) is 5.82 Å². The third kappa shape index (κ3) is 2.65. The third-order valence-corrected chi connectivity index (χ3v) is 5.07. The van der Waals surface area contributed by atoms with E-state index in [0.29, 0.717) is 5.82 Å². The van der Waals surface area contributed by atoms with Gasteiger partial charge in [0.2, 0.25) is 0 Å². The summed E-state index contributed by atoms with van der Waals surface area (Å²) in [6.45, 7) is 1.02. The van der Waals surface area contributed by atoms with Gasteiger partial charge in [-0.3, -0.25) is 5.10 Å². The molecule has 0 spiro atoms. The van der Waals surface area contributed by atoms with Crippen molar-refractivity contribution in [3.63, 3.8) is 0 Å². The van der Waals surface area contributed by atoms with Crippen molar-refractivity contribution in [2.45, 2.75) is 24.9 Å². The van der Waals surface area contributed by atoms with E-state index in [4.69, 9.17) is 0 Å². The lowest BCUT2D eigenvalue weighted by molar-refractivity contribution is 0.608. The molecule has 6 nitrogen and oxygen atoms in total. The highest BCUT2D eigenvalue weighted by atomic mass is 19.1. The lowest BCUT2D eigenvalue weighted by Gasteiger charge is -2.11. The molecule has 3 aromatic rings. The first kappa shape index (κ1) is 15.5. The Bertz CT molecular complexity index is 929. The SMILES string of the molecule is Fc1ccc(C2NNc3ccc(-c4n[nH]c(C5CCCN5)n4)cc32)cc1. The van der Waals surface area contributed by atoms with Crippen LogP contribution in [0.5, 0.6) is 0 Å². The second kappa shape index (κ2) is 6.19. The summed E-state index contributed by atoms with van der Waals surface area (Å²) < 4.78 is 13.2. The highest BCUT2D eigenvalue weighted by Gasteiger charge is 2.25. The zero-order valence-corrected chi connectivity index (χ0v) is 14.1. The van der Waals surface area contributed by atoms with Gasteiger partial charge in [0.05, 0.1) is 17.8 Å². The Morgan fingerprint density at radius 3 is 2.77 bits per heavy atom. The fourth-order valence-corrected chi connectivity index (χ4v) is 3.68. The van der Waals surface area contributed by atoms with Crippen molar-refractivity contribution < 1.29 is 4.39 Å². The molecule has 1 fully saturated rings. The number of rotatable bonds is 3. The lowest BCUT2D eigenvalue weighted by Crippen LogP contribution is -2.19. The molecule has 5 rings (SSSR count). The van der Waals surface area contributed by atoms with Gasteiger partial charge in [-0.2, -0.15) is 5.10 Å². The molecule has 0 bridgehead atoms. The van der Waals surface area contributed by atoms with E-state index in [2.05, 4.69) is 37.4 Å². The number of H-pyrrole nitrogens is 1. The summed E-state index contributed by atoms with van der Waals surface area (Å²) in [4.78, 5) is 4.68. The van der Waals surface area contributed by atoms with Gasteiger partial charge in [0.25, 0.3) is 0 Å². The lowest BCUT2D eigenvalue weighted by atomic mass is 9.97. The van der Waals surface area contributed by atoms with E-state index >= 15 is 0 Å². The van der Waals surface area contributed by atoms with Crippen molar-refractivity contribution in [2.75, 3.05) is 12.0 Å². The van der Waals surface area contributed by atoms with Gasteiger partial charge in [-0.25, -0.2) is 14.8 Å². The number of nitrogens with one attached hydrogen (secondary N) is 4. The summed E-state index contributed by atoms with van der Waals surface area (Å²) in [6, 6.07) is 12.9. The number of halogens is 1. The van der Waals surface area contributed by atoms with Crippen LogP contribution in [0.3, 0.4) is 0 Å². The maximum Gasteiger partial charge on any atom is 0.181 e. The number of fused-ring (bicyclic) bond motifs is 1. The number of hydrogen-bond donors (Lipinski definition) is 4. The Kier molecular flexibility index (Phi) is 3.69. The second-order valence-corrected chi connectivity index (χ2v) is 6.75. The molecule has 2 aliphatic heterocycles. The molecule has 0 radical (unpaired) electrons. The van der Waals surface area contributed by atoms with Crippen LogP contribution >= 0.6 is 0 Å². The number of aromatic amines is 1. The van der Waals surface area contributed by atoms with E-state index in [1.165, 1.54) is 12.1 Å². The molecule has 26 heavy (non-hydrogen) atoms. The third-order valence-electron chi connectivity index (χ3n) is 5.07. The van der Waals surface area contributed by atoms with Gasteiger partial charge in [0.15, 0.2) is 5.82 Å². The average Bonchev–Trinajstić information content (AvgIpc) is 3.41. The normalized spacial score (nSPS) is 21.6. The minimum atomic E-state index is -0.234. The highest BCUT2D eigenvalue weighted by Crippen LogP contribution is 2.35. The zero-order valence-electron chi connectivity index (χ0n) is 14.1. The first-order valence-electron chi connectivity index (χ1n) is 8.85. The second-order valence-electron chi connectivity index (χ2n) is 6.75. The summed E-state index contributed by atoms with van der Waals surface area (Å²) in [5.74, 6) is 1.35. The minimum Gasteiger partial charge on any atom is -0.320 e. The molecule has 2 unspecified atom stereocenters. The number of benzene rings is 2. The van der Waals surface area contributed by atoms with Crippen LogP contribution < -0.4 is 16.2 Å². The molecule has 2 aliphatic rings. The van der Waals surface area contributed by atoms with Crippen molar-refractivity contribution >= 4 is 5.69 Å². The number of aromatic nitrogens is 3. The van der Waals surface area contributed by atoms with E-state index in [1.807, 2.05) is 12.1 Å². The Labute approximate surface area is 150 Å². The molecule has 3 heterocycles. The smallest absolute Gasteiger partial charge is 0.181 e. The van der Waals surface area contributed by atoms with Crippen LogP contribution in [0.25, 0.3) is 11.4 Å². The molecule has 1 saturated heterocycles. The Morgan fingerprint density at radius 2 is 1.96 bits per heavy atom. The van der Waals surface area contributed by atoms with Crippen LogP contribution in [0.4, 0.5) is 10.1 Å². The molecule has 132 valence electrons. The summed E-state index contributed by atoms with van der Waals surface area (Å²) in [5.41, 5.74) is 10.5. The van der Waals surface area contributed by atoms with Gasteiger partial charge in [0, 0.05) is 11.1 Å². The maximum absolute atomic E-state index is 13.2. The number of anilines is 1. The van der Waals surface area contributed by atoms with E-state index in [-0.39, 0.29) is 17.9 Å². The Balaban J connectivity index is 1.47. The topological polar surface area (TPSA) is 77.7 Å². The molecule has 1 aromatic heterocycles. The van der Waals surface area contributed by atoms with E-state index in [0.717, 1.165) is 47.6 Å². The molecule has 2 atom stereocenters. The minimum absolute atomic E-state index is 0.0412. The summed E-state index contributed by atoms with van der Waals surface area (Å²) in [6.07, 6.45) is 2.25. The molecule has 0 saturated carbocycles. The summed E-state index contributed by atoms with van der Waals surface area (Å²) in [5, 5.41) is 10.9. The summed E-state index contributed by atoms with van der Waals surface area (Å²) >= 11 is 0. The van der Waals surface area contributed by atoms with Gasteiger partial charge < -0.3 is 10.7 Å². The first-order valence-corrected chi connectivity index (χ1v) is 8.85. The van der Waals surface area contributed by atoms with Gasteiger partial charge in [-0.05, 0) is 55.3 Å². The van der Waals surface area contributed by atoms with Crippen LogP contribution in [0.2, 0.25) is 0 Å². The largest absolute Gasteiger partial charge is 0.320 e. The fourth-order valence-electron chi connectivity index (χ4n) is 3.68. The first-order chi connectivity index (χ1) is 12.8. The van der Waals surface area contributed by atoms with Crippen molar-refractivity contribution in [1.82, 2.24) is 25.9 Å². The van der Waals surface area contributed by atoms with Crippen LogP contribution in [0.1, 0.15) is 41.9 Å². The van der Waals surface area contributed by atoms with Crippen molar-refractivity contribution in [1.29, 1.82) is 0 Å². The molecular formula is C19H19FN6. The maximum atomic E-state index is 13.2. The van der Waals surface area contributed by atoms with Crippen molar-refractivity contribution in [2.24, 2.45) is 0 Å². The van der Waals surface area contributed by atoms with Gasteiger partial charge >= 0.3 is 0 Å². The van der Waals surface area contributed by atoms with Crippen LogP contribution in [-0.4, -0.2) is 21.7 Å². The van der Waals surface area contributed by atoms with E-state index in [1.54, 1.807) is 12.1 Å². The number of nitrogens with zero attached hydrogens (tertiary/aromatic N) is 2. The predicted molar refractivity (Wildman–Crippen MR) is 96.8 cm³/mol. The summed E-state index contributed by atoms with van der Waals surface area (Å²) in [7, 11) is 0. The molecule has 4 N–H and O–H groups in total. The van der Waals surface area contributed by atoms with E-state index in [9.17, 15) is 4.39 Å². The standard InChI is InChI=1S/C19H19FN6/c20-13-6-3-11(4-7-13)17-14-10-12(5-8-15(14)23-24-17)18-22-19(26-25-18)16-2-1-9-21-16/h3-8,10,16-17,21,23-24H,1-2,9H2,(H,22,25,26). The molecule has 2 aromatic carbocycles.